The normalized spacial score (nSPS) is 11.6. The van der Waals surface area contributed by atoms with Crippen LogP contribution in [0.25, 0.3) is 0 Å². The maximum absolute atomic E-state index is 12.5. The van der Waals surface area contributed by atoms with E-state index in [9.17, 15) is 4.79 Å². The van der Waals surface area contributed by atoms with Crippen molar-refractivity contribution < 1.29 is 4.79 Å². The van der Waals surface area contributed by atoms with E-state index in [-0.39, 0.29) is 11.3 Å². The molecule has 0 N–H and O–H groups in total. The van der Waals surface area contributed by atoms with Gasteiger partial charge in [0, 0.05) is 16.0 Å². The van der Waals surface area contributed by atoms with Crippen molar-refractivity contribution in [3.8, 4) is 0 Å². The van der Waals surface area contributed by atoms with Crippen molar-refractivity contribution >= 4 is 28.5 Å². The van der Waals surface area contributed by atoms with Crippen LogP contribution in [0.4, 0.5) is 0 Å². The van der Waals surface area contributed by atoms with Gasteiger partial charge in [0.25, 0.3) is 5.91 Å². The third kappa shape index (κ3) is 2.48. The van der Waals surface area contributed by atoms with Crippen molar-refractivity contribution in [1.82, 2.24) is 9.55 Å². The van der Waals surface area contributed by atoms with E-state index in [1.807, 2.05) is 18.2 Å². The zero-order chi connectivity index (χ0) is 13.3. The van der Waals surface area contributed by atoms with Crippen LogP contribution in [0.15, 0.2) is 36.9 Å². The Labute approximate surface area is 120 Å². The number of imidazole rings is 1. The summed E-state index contributed by atoms with van der Waals surface area (Å²) >= 11 is 2.21. The number of carbonyl (C=O) groups is 1. The van der Waals surface area contributed by atoms with Crippen LogP contribution in [0.3, 0.4) is 0 Å². The molecule has 3 nitrogen and oxygen atoms in total. The zero-order valence-corrected chi connectivity index (χ0v) is 12.8. The van der Waals surface area contributed by atoms with E-state index in [4.69, 9.17) is 0 Å². The van der Waals surface area contributed by atoms with Gasteiger partial charge in [0.1, 0.15) is 6.33 Å². The molecule has 0 amide bonds. The van der Waals surface area contributed by atoms with Gasteiger partial charge >= 0.3 is 0 Å². The predicted octanol–water partition coefficient (Wildman–Crippen LogP) is 3.47. The van der Waals surface area contributed by atoms with Gasteiger partial charge in [-0.15, -0.1) is 0 Å². The van der Waals surface area contributed by atoms with Crippen molar-refractivity contribution in [2.75, 3.05) is 0 Å². The van der Waals surface area contributed by atoms with Crippen LogP contribution in [-0.4, -0.2) is 15.5 Å². The molecule has 0 radical (unpaired) electrons. The van der Waals surface area contributed by atoms with E-state index in [0.717, 1.165) is 14.7 Å². The van der Waals surface area contributed by atoms with E-state index in [0.29, 0.717) is 0 Å². The molecule has 1 aromatic carbocycles. The van der Waals surface area contributed by atoms with Gasteiger partial charge in [-0.2, -0.15) is 0 Å². The average Bonchev–Trinajstić information content (AvgIpc) is 2.80. The number of carbonyl (C=O) groups excluding carboxylic acids is 1. The molecular formula is C14H15IN2O. The van der Waals surface area contributed by atoms with Crippen LogP contribution < -0.4 is 0 Å². The first-order chi connectivity index (χ1) is 8.41. The second kappa shape index (κ2) is 4.84. The number of hydrogen-bond donors (Lipinski definition) is 0. The minimum absolute atomic E-state index is 0.0255. The second-order valence-corrected chi connectivity index (χ2v) is 6.35. The summed E-state index contributed by atoms with van der Waals surface area (Å²) in [6.45, 7) is 6.34. The third-order valence-corrected chi connectivity index (χ3v) is 3.67. The molecule has 1 aromatic heterocycles. The molecule has 2 aromatic rings. The van der Waals surface area contributed by atoms with Crippen LogP contribution in [0.1, 0.15) is 36.7 Å². The lowest BCUT2D eigenvalue weighted by molar-refractivity contribution is 0.0956. The fourth-order valence-electron chi connectivity index (χ4n) is 1.87. The molecule has 18 heavy (non-hydrogen) atoms. The van der Waals surface area contributed by atoms with Gasteiger partial charge in [-0.1, -0.05) is 32.9 Å². The Bertz CT molecular complexity index is 568. The molecule has 4 heteroatoms. The summed E-state index contributed by atoms with van der Waals surface area (Å²) in [6, 6.07) is 5.97. The van der Waals surface area contributed by atoms with Crippen LogP contribution in [0.2, 0.25) is 0 Å². The summed E-state index contributed by atoms with van der Waals surface area (Å²) < 4.78 is 2.49. The molecule has 0 fully saturated rings. The third-order valence-electron chi connectivity index (χ3n) is 2.77. The highest BCUT2D eigenvalue weighted by molar-refractivity contribution is 14.1. The molecule has 0 saturated carbocycles. The molecule has 94 valence electrons. The van der Waals surface area contributed by atoms with E-state index in [1.54, 1.807) is 12.4 Å². The van der Waals surface area contributed by atoms with Crippen molar-refractivity contribution in [2.24, 2.45) is 0 Å². The first-order valence-corrected chi connectivity index (χ1v) is 6.81. The highest BCUT2D eigenvalue weighted by atomic mass is 127. The Morgan fingerprint density at radius 1 is 1.33 bits per heavy atom. The topological polar surface area (TPSA) is 34.9 Å². The molecular weight excluding hydrogens is 339 g/mol. The van der Waals surface area contributed by atoms with Crippen molar-refractivity contribution in [2.45, 2.75) is 26.2 Å². The van der Waals surface area contributed by atoms with Gasteiger partial charge in [0.15, 0.2) is 0 Å². The lowest BCUT2D eigenvalue weighted by Gasteiger charge is -2.23. The summed E-state index contributed by atoms with van der Waals surface area (Å²) in [5.41, 5.74) is 1.77. The van der Waals surface area contributed by atoms with Crippen LogP contribution >= 0.6 is 22.6 Å². The lowest BCUT2D eigenvalue weighted by Crippen LogP contribution is -2.21. The summed E-state index contributed by atoms with van der Waals surface area (Å²) in [4.78, 5) is 16.4. The molecule has 0 bridgehead atoms. The smallest absolute Gasteiger partial charge is 0.264 e. The maximum atomic E-state index is 12.5. The molecule has 2 rings (SSSR count). The maximum Gasteiger partial charge on any atom is 0.264 e. The van der Waals surface area contributed by atoms with Gasteiger partial charge in [-0.25, -0.2) is 4.98 Å². The zero-order valence-electron chi connectivity index (χ0n) is 10.6. The second-order valence-electron chi connectivity index (χ2n) is 5.19. The molecule has 0 spiro atoms. The summed E-state index contributed by atoms with van der Waals surface area (Å²) in [7, 11) is 0. The monoisotopic (exact) mass is 354 g/mol. The van der Waals surface area contributed by atoms with Crippen molar-refractivity contribution in [3.05, 3.63) is 51.6 Å². The number of hydrogen-bond acceptors (Lipinski definition) is 2. The van der Waals surface area contributed by atoms with Crippen molar-refractivity contribution in [1.29, 1.82) is 0 Å². The van der Waals surface area contributed by atoms with E-state index in [2.05, 4.69) is 48.3 Å². The minimum atomic E-state index is -0.0627. The van der Waals surface area contributed by atoms with E-state index >= 15 is 0 Å². The fraction of sp³-hybridized carbons (Fsp3) is 0.286. The minimum Gasteiger partial charge on any atom is -0.272 e. The average molecular weight is 354 g/mol. The van der Waals surface area contributed by atoms with Gasteiger partial charge in [-0.3, -0.25) is 9.36 Å². The first-order valence-electron chi connectivity index (χ1n) is 5.73. The van der Waals surface area contributed by atoms with Gasteiger partial charge in [0.2, 0.25) is 0 Å². The molecule has 0 atom stereocenters. The van der Waals surface area contributed by atoms with E-state index in [1.165, 1.54) is 10.9 Å². The number of nitrogens with zero attached hydrogens (tertiary/aromatic N) is 2. The number of rotatable bonds is 1. The van der Waals surface area contributed by atoms with Crippen LogP contribution in [-0.2, 0) is 5.41 Å². The van der Waals surface area contributed by atoms with Gasteiger partial charge in [0.05, 0.1) is 5.56 Å². The Balaban J connectivity index is 2.60. The number of halogens is 1. The van der Waals surface area contributed by atoms with Crippen LogP contribution in [0, 0.1) is 3.57 Å². The molecule has 0 aliphatic carbocycles. The Hall–Kier alpha value is -1.17. The van der Waals surface area contributed by atoms with Gasteiger partial charge < -0.3 is 0 Å². The summed E-state index contributed by atoms with van der Waals surface area (Å²) in [5, 5.41) is 0. The molecule has 0 unspecified atom stereocenters. The standard InChI is InChI=1S/C14H15IN2O/c1-14(2,3)10-5-4-6-11(15)12(10)13(18)17-8-7-16-9-17/h4-9H,1-3H3. The number of benzene rings is 1. The fourth-order valence-corrected chi connectivity index (χ4v) is 2.60. The first kappa shape index (κ1) is 13.3. The Kier molecular flexibility index (Phi) is 3.56. The summed E-state index contributed by atoms with van der Waals surface area (Å²) in [6.07, 6.45) is 4.83. The summed E-state index contributed by atoms with van der Waals surface area (Å²) in [5.74, 6) is -0.0255. The largest absolute Gasteiger partial charge is 0.272 e. The van der Waals surface area contributed by atoms with E-state index < -0.39 is 0 Å². The van der Waals surface area contributed by atoms with Crippen LogP contribution in [0.5, 0.6) is 0 Å². The quantitative estimate of drug-likeness (QED) is 0.735. The highest BCUT2D eigenvalue weighted by Gasteiger charge is 2.24. The van der Waals surface area contributed by atoms with Gasteiger partial charge in [-0.05, 0) is 39.6 Å². The highest BCUT2D eigenvalue weighted by Crippen LogP contribution is 2.29. The number of aromatic nitrogens is 2. The van der Waals surface area contributed by atoms with Crippen molar-refractivity contribution in [3.63, 3.8) is 0 Å². The Morgan fingerprint density at radius 3 is 2.61 bits per heavy atom. The Morgan fingerprint density at radius 2 is 2.06 bits per heavy atom. The predicted molar refractivity (Wildman–Crippen MR) is 79.8 cm³/mol. The molecule has 0 saturated heterocycles. The molecule has 0 aliphatic heterocycles. The SMILES string of the molecule is CC(C)(C)c1cccc(I)c1C(=O)n1ccnc1. The lowest BCUT2D eigenvalue weighted by atomic mass is 9.83. The molecule has 0 aliphatic rings. The molecule has 1 heterocycles.